The Morgan fingerprint density at radius 3 is 2.21 bits per heavy atom. The second kappa shape index (κ2) is 9.15. The van der Waals surface area contributed by atoms with Gasteiger partial charge in [-0.3, -0.25) is 0 Å². The van der Waals surface area contributed by atoms with E-state index in [-0.39, 0.29) is 24.4 Å². The molecule has 0 amide bonds. The lowest BCUT2D eigenvalue weighted by atomic mass is 9.79. The van der Waals surface area contributed by atoms with Crippen molar-refractivity contribution in [2.75, 3.05) is 5.32 Å². The van der Waals surface area contributed by atoms with E-state index in [2.05, 4.69) is 97.1 Å². The van der Waals surface area contributed by atoms with Crippen LogP contribution in [-0.2, 0) is 9.31 Å². The van der Waals surface area contributed by atoms with Gasteiger partial charge in [0.15, 0.2) is 5.82 Å². The Morgan fingerprint density at radius 1 is 0.912 bits per heavy atom. The zero-order valence-electron chi connectivity index (χ0n) is 20.6. The molecule has 2 aromatic carbocycles. The number of hydrogen-bond acceptors (Lipinski definition) is 6. The maximum Gasteiger partial charge on any atom is 0.494 e. The lowest BCUT2D eigenvalue weighted by Gasteiger charge is -2.32. The van der Waals surface area contributed by atoms with Gasteiger partial charge in [0.1, 0.15) is 6.04 Å². The third-order valence-electron chi connectivity index (χ3n) is 7.58. The van der Waals surface area contributed by atoms with Crippen molar-refractivity contribution >= 4 is 18.3 Å². The zero-order valence-corrected chi connectivity index (χ0v) is 20.6. The largest absolute Gasteiger partial charge is 0.494 e. The first-order valence-electron chi connectivity index (χ1n) is 12.4. The van der Waals surface area contributed by atoms with Crippen LogP contribution in [0.2, 0.25) is 0 Å². The summed E-state index contributed by atoms with van der Waals surface area (Å²) in [6, 6.07) is 18.9. The van der Waals surface area contributed by atoms with E-state index in [1.807, 2.05) is 10.7 Å². The van der Waals surface area contributed by atoms with Gasteiger partial charge in [-0.1, -0.05) is 61.7 Å². The summed E-state index contributed by atoms with van der Waals surface area (Å²) in [5, 5.41) is 16.6. The second-order valence-electron chi connectivity index (χ2n) is 10.5. The first kappa shape index (κ1) is 23.1. The second-order valence-corrected chi connectivity index (χ2v) is 10.5. The predicted molar refractivity (Wildman–Crippen MR) is 134 cm³/mol. The summed E-state index contributed by atoms with van der Waals surface area (Å²) in [5.74, 6) is 0.855. The average molecular weight is 459 g/mol. The lowest BCUT2D eigenvalue weighted by molar-refractivity contribution is 0.00578. The standard InChI is InChI=1S/C26H34BN5O2/c1-25(2)26(3,4)34-27(33-25)20-15-17-21(18-16-20)28-23(19-11-7-5-8-12-19)24-29-30-31-32(24)22-13-9-6-10-14-22/h5,7-8,11-12,15-18,22-23,28H,6,9-10,13-14H2,1-4H3. The van der Waals surface area contributed by atoms with E-state index in [0.717, 1.165) is 35.4 Å². The van der Waals surface area contributed by atoms with Crippen LogP contribution in [0.15, 0.2) is 54.6 Å². The molecule has 1 unspecified atom stereocenters. The normalized spacial score (nSPS) is 20.9. The zero-order chi connectivity index (χ0) is 23.8. The Morgan fingerprint density at radius 2 is 1.56 bits per heavy atom. The van der Waals surface area contributed by atoms with Crippen molar-refractivity contribution in [1.82, 2.24) is 20.2 Å². The SMILES string of the molecule is CC1(C)OB(c2ccc(NC(c3ccccc3)c3nnnn3C3CCCCC3)cc2)OC1(C)C. The van der Waals surface area contributed by atoms with Gasteiger partial charge in [0, 0.05) is 5.69 Å². The third-order valence-corrected chi connectivity index (χ3v) is 7.58. The van der Waals surface area contributed by atoms with E-state index >= 15 is 0 Å². The van der Waals surface area contributed by atoms with E-state index in [1.165, 1.54) is 19.3 Å². The first-order chi connectivity index (χ1) is 16.3. The number of tetrazole rings is 1. The topological polar surface area (TPSA) is 74.1 Å². The van der Waals surface area contributed by atoms with Crippen molar-refractivity contribution in [2.24, 2.45) is 0 Å². The van der Waals surface area contributed by atoms with Crippen molar-refractivity contribution in [3.8, 4) is 0 Å². The Hall–Kier alpha value is -2.71. The highest BCUT2D eigenvalue weighted by molar-refractivity contribution is 6.62. The van der Waals surface area contributed by atoms with Crippen molar-refractivity contribution in [3.05, 3.63) is 66.0 Å². The summed E-state index contributed by atoms with van der Waals surface area (Å²) in [7, 11) is -0.373. The Bertz CT molecular complexity index is 1080. The summed E-state index contributed by atoms with van der Waals surface area (Å²) in [6.07, 6.45) is 6.01. The summed E-state index contributed by atoms with van der Waals surface area (Å²) < 4.78 is 14.5. The monoisotopic (exact) mass is 459 g/mol. The number of nitrogens with zero attached hydrogens (tertiary/aromatic N) is 4. The van der Waals surface area contributed by atoms with E-state index in [1.54, 1.807) is 0 Å². The van der Waals surface area contributed by atoms with Crippen molar-refractivity contribution in [3.63, 3.8) is 0 Å². The van der Waals surface area contributed by atoms with Crippen LogP contribution < -0.4 is 10.8 Å². The third kappa shape index (κ3) is 4.49. The molecular formula is C26H34BN5O2. The number of anilines is 1. The first-order valence-corrected chi connectivity index (χ1v) is 12.4. The van der Waals surface area contributed by atoms with Gasteiger partial charge in [0.05, 0.1) is 17.2 Å². The summed E-state index contributed by atoms with van der Waals surface area (Å²) >= 11 is 0. The summed E-state index contributed by atoms with van der Waals surface area (Å²) in [6.45, 7) is 8.29. The Balaban J connectivity index is 1.40. The molecule has 1 atom stereocenters. The quantitative estimate of drug-likeness (QED) is 0.540. The van der Waals surface area contributed by atoms with Gasteiger partial charge < -0.3 is 14.6 Å². The molecule has 2 heterocycles. The minimum absolute atomic E-state index is 0.152. The van der Waals surface area contributed by atoms with Crippen LogP contribution >= 0.6 is 0 Å². The average Bonchev–Trinajstić information content (AvgIpc) is 3.41. The molecule has 0 spiro atoms. The molecule has 178 valence electrons. The van der Waals surface area contributed by atoms with Gasteiger partial charge in [-0.15, -0.1) is 5.10 Å². The number of benzene rings is 2. The van der Waals surface area contributed by atoms with Crippen LogP contribution in [0.4, 0.5) is 5.69 Å². The van der Waals surface area contributed by atoms with Gasteiger partial charge in [-0.05, 0) is 74.1 Å². The van der Waals surface area contributed by atoms with Crippen molar-refractivity contribution in [2.45, 2.75) is 83.1 Å². The van der Waals surface area contributed by atoms with Gasteiger partial charge in [-0.2, -0.15) is 0 Å². The van der Waals surface area contributed by atoms with Gasteiger partial charge in [-0.25, -0.2) is 4.68 Å². The van der Waals surface area contributed by atoms with Crippen LogP contribution in [0.5, 0.6) is 0 Å². The highest BCUT2D eigenvalue weighted by atomic mass is 16.7. The fourth-order valence-corrected chi connectivity index (χ4v) is 4.80. The molecular weight excluding hydrogens is 425 g/mol. The van der Waals surface area contributed by atoms with E-state index in [0.29, 0.717) is 6.04 Å². The minimum Gasteiger partial charge on any atom is -0.399 e. The van der Waals surface area contributed by atoms with Crippen LogP contribution in [0.3, 0.4) is 0 Å². The van der Waals surface area contributed by atoms with E-state index < -0.39 is 0 Å². The van der Waals surface area contributed by atoms with Crippen LogP contribution in [-0.4, -0.2) is 38.5 Å². The van der Waals surface area contributed by atoms with E-state index in [4.69, 9.17) is 9.31 Å². The molecule has 5 rings (SSSR count). The number of nitrogens with one attached hydrogen (secondary N) is 1. The number of hydrogen-bond donors (Lipinski definition) is 1. The lowest BCUT2D eigenvalue weighted by Crippen LogP contribution is -2.41. The molecule has 1 aromatic heterocycles. The molecule has 1 saturated heterocycles. The van der Waals surface area contributed by atoms with Gasteiger partial charge >= 0.3 is 7.12 Å². The Labute approximate surface area is 202 Å². The molecule has 1 saturated carbocycles. The molecule has 1 aliphatic carbocycles. The molecule has 1 N–H and O–H groups in total. The van der Waals surface area contributed by atoms with Gasteiger partial charge in [0.2, 0.25) is 0 Å². The molecule has 1 aliphatic heterocycles. The van der Waals surface area contributed by atoms with Crippen LogP contribution in [0.25, 0.3) is 0 Å². The fraction of sp³-hybridized carbons (Fsp3) is 0.500. The highest BCUT2D eigenvalue weighted by Crippen LogP contribution is 2.37. The molecule has 2 fully saturated rings. The molecule has 2 aliphatic rings. The van der Waals surface area contributed by atoms with Gasteiger partial charge in [0.25, 0.3) is 0 Å². The van der Waals surface area contributed by atoms with Crippen molar-refractivity contribution < 1.29 is 9.31 Å². The van der Waals surface area contributed by atoms with E-state index in [9.17, 15) is 0 Å². The van der Waals surface area contributed by atoms with Crippen LogP contribution in [0, 0.1) is 0 Å². The molecule has 34 heavy (non-hydrogen) atoms. The maximum atomic E-state index is 6.21. The number of rotatable bonds is 6. The molecule has 7 nitrogen and oxygen atoms in total. The Kier molecular flexibility index (Phi) is 6.21. The smallest absolute Gasteiger partial charge is 0.399 e. The fourth-order valence-electron chi connectivity index (χ4n) is 4.80. The molecule has 0 radical (unpaired) electrons. The number of aromatic nitrogens is 4. The maximum absolute atomic E-state index is 6.21. The summed E-state index contributed by atoms with van der Waals surface area (Å²) in [5.41, 5.74) is 2.41. The molecule has 3 aromatic rings. The van der Waals surface area contributed by atoms with Crippen LogP contribution in [0.1, 0.15) is 83.3 Å². The highest BCUT2D eigenvalue weighted by Gasteiger charge is 2.51. The minimum atomic E-state index is -0.373. The predicted octanol–water partition coefficient (Wildman–Crippen LogP) is 4.68. The molecule has 0 bridgehead atoms. The summed E-state index contributed by atoms with van der Waals surface area (Å²) in [4.78, 5) is 0. The molecule has 8 heteroatoms. The van der Waals surface area contributed by atoms with Crippen molar-refractivity contribution in [1.29, 1.82) is 0 Å².